The van der Waals surface area contributed by atoms with Crippen LogP contribution in [0.25, 0.3) is 0 Å². The Bertz CT molecular complexity index is 900. The van der Waals surface area contributed by atoms with Crippen molar-refractivity contribution in [3.63, 3.8) is 0 Å². The standard InChI is InChI=1S/C24H29N3O2/c1-3-29-24(28)20-13-17(2)23-19(14-20)15-22(26-23)25-21-9-11-27(12-10-21)16-18-7-5-4-6-8-18/h4-8,13-14,21H,3,9-12,15-16H2,1-2H3,(H,25,26). The van der Waals surface area contributed by atoms with Gasteiger partial charge in [0.05, 0.1) is 18.2 Å². The molecule has 0 unspecified atom stereocenters. The van der Waals surface area contributed by atoms with E-state index in [0.29, 0.717) is 18.2 Å². The van der Waals surface area contributed by atoms with E-state index < -0.39 is 0 Å². The maximum Gasteiger partial charge on any atom is 0.338 e. The minimum atomic E-state index is -0.255. The first-order valence-corrected chi connectivity index (χ1v) is 10.5. The van der Waals surface area contributed by atoms with E-state index >= 15 is 0 Å². The number of nitrogens with one attached hydrogen (secondary N) is 1. The van der Waals surface area contributed by atoms with Gasteiger partial charge >= 0.3 is 5.97 Å². The lowest BCUT2D eigenvalue weighted by Crippen LogP contribution is -2.35. The highest BCUT2D eigenvalue weighted by Gasteiger charge is 2.24. The lowest BCUT2D eigenvalue weighted by Gasteiger charge is -2.30. The molecular weight excluding hydrogens is 362 g/mol. The number of piperidine rings is 1. The van der Waals surface area contributed by atoms with Crippen LogP contribution in [0.3, 0.4) is 0 Å². The highest BCUT2D eigenvalue weighted by Crippen LogP contribution is 2.30. The van der Waals surface area contributed by atoms with Crippen molar-refractivity contribution in [1.82, 2.24) is 4.90 Å². The van der Waals surface area contributed by atoms with Crippen molar-refractivity contribution < 1.29 is 9.53 Å². The molecule has 0 saturated carbocycles. The number of esters is 1. The first-order chi connectivity index (χ1) is 14.1. The smallest absolute Gasteiger partial charge is 0.338 e. The zero-order chi connectivity index (χ0) is 20.2. The van der Waals surface area contributed by atoms with Crippen LogP contribution >= 0.6 is 0 Å². The molecule has 2 aliphatic rings. The van der Waals surface area contributed by atoms with E-state index in [1.807, 2.05) is 26.0 Å². The summed E-state index contributed by atoms with van der Waals surface area (Å²) in [7, 11) is 0. The van der Waals surface area contributed by atoms with Crippen molar-refractivity contribution in [2.75, 3.05) is 25.0 Å². The Morgan fingerprint density at radius 1 is 1.21 bits per heavy atom. The molecule has 0 aliphatic carbocycles. The Morgan fingerprint density at radius 3 is 2.69 bits per heavy atom. The van der Waals surface area contributed by atoms with Gasteiger partial charge in [-0.1, -0.05) is 30.3 Å². The molecule has 1 N–H and O–H groups in total. The molecule has 0 bridgehead atoms. The molecule has 0 radical (unpaired) electrons. The van der Waals surface area contributed by atoms with Gasteiger partial charge in [0.1, 0.15) is 5.84 Å². The fourth-order valence-electron chi connectivity index (χ4n) is 4.23. The molecule has 0 aromatic heterocycles. The summed E-state index contributed by atoms with van der Waals surface area (Å²) in [4.78, 5) is 19.6. The average molecular weight is 392 g/mol. The quantitative estimate of drug-likeness (QED) is 0.776. The number of hydrogen-bond donors (Lipinski definition) is 1. The number of aryl methyl sites for hydroxylation is 1. The van der Waals surface area contributed by atoms with Crippen LogP contribution in [0, 0.1) is 6.92 Å². The number of ether oxygens (including phenoxy) is 1. The Hall–Kier alpha value is -2.66. The van der Waals surface area contributed by atoms with Crippen molar-refractivity contribution >= 4 is 17.5 Å². The maximum absolute atomic E-state index is 12.1. The number of amidine groups is 1. The fourth-order valence-corrected chi connectivity index (χ4v) is 4.23. The lowest BCUT2D eigenvalue weighted by molar-refractivity contribution is 0.0526. The molecule has 2 heterocycles. The van der Waals surface area contributed by atoms with Gasteiger partial charge in [-0.15, -0.1) is 0 Å². The van der Waals surface area contributed by atoms with Crippen molar-refractivity contribution in [2.45, 2.75) is 45.7 Å². The van der Waals surface area contributed by atoms with Gasteiger partial charge in [0, 0.05) is 31.7 Å². The molecule has 2 aromatic carbocycles. The summed E-state index contributed by atoms with van der Waals surface area (Å²) in [6, 6.07) is 14.9. The van der Waals surface area contributed by atoms with E-state index in [9.17, 15) is 4.79 Å². The zero-order valence-corrected chi connectivity index (χ0v) is 17.3. The van der Waals surface area contributed by atoms with Gasteiger partial charge in [-0.25, -0.2) is 4.79 Å². The van der Waals surface area contributed by atoms with Crippen LogP contribution in [-0.4, -0.2) is 42.4 Å². The minimum absolute atomic E-state index is 0.255. The van der Waals surface area contributed by atoms with E-state index in [1.165, 1.54) is 5.56 Å². The molecule has 4 rings (SSSR count). The monoisotopic (exact) mass is 391 g/mol. The molecule has 2 aromatic rings. The van der Waals surface area contributed by atoms with Crippen LogP contribution in [0.5, 0.6) is 0 Å². The Morgan fingerprint density at radius 2 is 1.97 bits per heavy atom. The second-order valence-electron chi connectivity index (χ2n) is 7.92. The van der Waals surface area contributed by atoms with Crippen molar-refractivity contribution in [3.05, 3.63) is 64.7 Å². The predicted molar refractivity (Wildman–Crippen MR) is 117 cm³/mol. The van der Waals surface area contributed by atoms with Crippen molar-refractivity contribution in [2.24, 2.45) is 4.99 Å². The molecule has 5 heteroatoms. The van der Waals surface area contributed by atoms with E-state index in [1.54, 1.807) is 0 Å². The second-order valence-corrected chi connectivity index (χ2v) is 7.92. The average Bonchev–Trinajstić information content (AvgIpc) is 3.13. The normalized spacial score (nSPS) is 18.5. The van der Waals surface area contributed by atoms with E-state index in [0.717, 1.165) is 61.5 Å². The third-order valence-electron chi connectivity index (χ3n) is 5.70. The van der Waals surface area contributed by atoms with Gasteiger partial charge in [0.2, 0.25) is 0 Å². The second kappa shape index (κ2) is 8.78. The number of nitrogens with zero attached hydrogens (tertiary/aromatic N) is 2. The molecule has 1 fully saturated rings. The number of likely N-dealkylation sites (tertiary alicyclic amines) is 1. The summed E-state index contributed by atoms with van der Waals surface area (Å²) in [5.41, 5.74) is 5.29. The van der Waals surface area contributed by atoms with Crippen LogP contribution in [0.15, 0.2) is 47.5 Å². The molecule has 2 aliphatic heterocycles. The highest BCUT2D eigenvalue weighted by atomic mass is 16.5. The molecule has 1 saturated heterocycles. The first kappa shape index (κ1) is 19.6. The number of rotatable bonds is 5. The lowest BCUT2D eigenvalue weighted by atomic mass is 10.0. The number of benzene rings is 2. The Kier molecular flexibility index (Phi) is 5.95. The number of carbonyl (C=O) groups excluding carboxylic acids is 1. The summed E-state index contributed by atoms with van der Waals surface area (Å²) in [6.45, 7) is 7.42. The van der Waals surface area contributed by atoms with Gasteiger partial charge < -0.3 is 10.1 Å². The fraction of sp³-hybridized carbons (Fsp3) is 0.417. The van der Waals surface area contributed by atoms with Gasteiger partial charge in [-0.3, -0.25) is 9.89 Å². The molecule has 0 atom stereocenters. The summed E-state index contributed by atoms with van der Waals surface area (Å²) in [6.07, 6.45) is 2.93. The van der Waals surface area contributed by atoms with Crippen LogP contribution in [0.2, 0.25) is 0 Å². The van der Waals surface area contributed by atoms with Crippen molar-refractivity contribution in [1.29, 1.82) is 0 Å². The maximum atomic E-state index is 12.1. The minimum Gasteiger partial charge on any atom is -0.462 e. The molecule has 29 heavy (non-hydrogen) atoms. The topological polar surface area (TPSA) is 53.9 Å². The van der Waals surface area contributed by atoms with Crippen LogP contribution in [0.4, 0.5) is 5.69 Å². The van der Waals surface area contributed by atoms with E-state index in [2.05, 4.69) is 40.5 Å². The molecule has 0 amide bonds. The summed E-state index contributed by atoms with van der Waals surface area (Å²) < 4.78 is 5.15. The number of aliphatic imine (C=N–C) groups is 1. The number of hydrogen-bond acceptors (Lipinski definition) is 4. The third kappa shape index (κ3) is 4.67. The number of anilines is 1. The number of fused-ring (bicyclic) bond motifs is 1. The molecule has 152 valence electrons. The van der Waals surface area contributed by atoms with E-state index in [-0.39, 0.29) is 5.97 Å². The number of carbonyl (C=O) groups is 1. The van der Waals surface area contributed by atoms with E-state index in [4.69, 9.17) is 9.73 Å². The summed E-state index contributed by atoms with van der Waals surface area (Å²) in [5, 5.41) is 3.48. The van der Waals surface area contributed by atoms with Gasteiger partial charge in [-0.05, 0) is 55.5 Å². The van der Waals surface area contributed by atoms with Gasteiger partial charge in [0.15, 0.2) is 0 Å². The van der Waals surface area contributed by atoms with Crippen LogP contribution < -0.4 is 5.32 Å². The predicted octanol–water partition coefficient (Wildman–Crippen LogP) is 4.20. The summed E-state index contributed by atoms with van der Waals surface area (Å²) in [5.74, 6) is 0.764. The van der Waals surface area contributed by atoms with Gasteiger partial charge in [-0.2, -0.15) is 0 Å². The zero-order valence-electron chi connectivity index (χ0n) is 17.3. The molecule has 0 spiro atoms. The Balaban J connectivity index is 1.36. The van der Waals surface area contributed by atoms with Crippen molar-refractivity contribution in [3.8, 4) is 0 Å². The largest absolute Gasteiger partial charge is 0.462 e. The molecule has 5 nitrogen and oxygen atoms in total. The van der Waals surface area contributed by atoms with Crippen LogP contribution in [0.1, 0.15) is 46.8 Å². The van der Waals surface area contributed by atoms with Crippen LogP contribution in [-0.2, 0) is 17.7 Å². The molecular formula is C24H29N3O2. The SMILES string of the molecule is CCOC(=O)c1cc(C)c2c(c1)CC(=NC1CCN(Cc3ccccc3)CC1)N2. The Labute approximate surface area is 172 Å². The summed E-state index contributed by atoms with van der Waals surface area (Å²) >= 11 is 0. The van der Waals surface area contributed by atoms with Gasteiger partial charge in [0.25, 0.3) is 0 Å². The third-order valence-corrected chi connectivity index (χ3v) is 5.70. The first-order valence-electron chi connectivity index (χ1n) is 10.5. The highest BCUT2D eigenvalue weighted by molar-refractivity contribution is 6.05.